The van der Waals surface area contributed by atoms with Gasteiger partial charge in [-0.2, -0.15) is 0 Å². The molecule has 1 saturated carbocycles. The summed E-state index contributed by atoms with van der Waals surface area (Å²) in [6.45, 7) is 2.57. The molecule has 1 fully saturated rings. The molecule has 0 atom stereocenters. The van der Waals surface area contributed by atoms with E-state index in [1.165, 1.54) is 32.1 Å². The number of nitrogens with one attached hydrogen (secondary N) is 1. The molecular weight excluding hydrogens is 332 g/mol. The first kappa shape index (κ1) is 17.8. The molecule has 0 bridgehead atoms. The molecule has 1 aliphatic rings. The van der Waals surface area contributed by atoms with Crippen molar-refractivity contribution in [2.75, 3.05) is 6.61 Å². The minimum absolute atomic E-state index is 0.474. The Balaban J connectivity index is 1.95. The molecule has 0 spiro atoms. The number of benzene rings is 2. The van der Waals surface area contributed by atoms with Gasteiger partial charge in [-0.15, -0.1) is 0 Å². The van der Waals surface area contributed by atoms with Crippen LogP contribution in [0.4, 0.5) is 5.69 Å². The van der Waals surface area contributed by atoms with E-state index in [2.05, 4.69) is 17.4 Å². The van der Waals surface area contributed by atoms with Gasteiger partial charge in [0, 0.05) is 16.6 Å². The zero-order valence-electron chi connectivity index (χ0n) is 14.7. The van der Waals surface area contributed by atoms with Gasteiger partial charge in [0.05, 0.1) is 6.61 Å². The van der Waals surface area contributed by atoms with Gasteiger partial charge in [-0.25, -0.2) is 4.99 Å². The van der Waals surface area contributed by atoms with E-state index in [9.17, 15) is 0 Å². The van der Waals surface area contributed by atoms with Gasteiger partial charge in [-0.3, -0.25) is 0 Å². The Labute approximate surface area is 155 Å². The number of amidine groups is 1. The lowest BCUT2D eigenvalue weighted by Crippen LogP contribution is -2.36. The molecule has 132 valence electrons. The third-order valence-electron chi connectivity index (χ3n) is 4.45. The van der Waals surface area contributed by atoms with Crippen molar-refractivity contribution in [3.8, 4) is 5.75 Å². The highest BCUT2D eigenvalue weighted by Gasteiger charge is 2.16. The third kappa shape index (κ3) is 4.99. The van der Waals surface area contributed by atoms with Gasteiger partial charge in [-0.05, 0) is 38.0 Å². The predicted octanol–water partition coefficient (Wildman–Crippen LogP) is 5.74. The summed E-state index contributed by atoms with van der Waals surface area (Å²) < 4.78 is 5.73. The highest BCUT2D eigenvalue weighted by Crippen LogP contribution is 2.31. The summed E-state index contributed by atoms with van der Waals surface area (Å²) >= 11 is 6.19. The molecule has 0 unspecified atom stereocenters. The molecule has 0 aromatic heterocycles. The van der Waals surface area contributed by atoms with E-state index in [0.717, 1.165) is 22.8 Å². The van der Waals surface area contributed by atoms with Gasteiger partial charge in [0.15, 0.2) is 0 Å². The van der Waals surface area contributed by atoms with Crippen LogP contribution >= 0.6 is 11.6 Å². The van der Waals surface area contributed by atoms with E-state index < -0.39 is 0 Å². The maximum atomic E-state index is 6.19. The van der Waals surface area contributed by atoms with Crippen LogP contribution in [-0.4, -0.2) is 18.5 Å². The molecule has 3 rings (SSSR count). The number of aliphatic imine (C=N–C) groups is 1. The van der Waals surface area contributed by atoms with Crippen molar-refractivity contribution in [1.82, 2.24) is 5.32 Å². The van der Waals surface area contributed by atoms with E-state index in [-0.39, 0.29) is 0 Å². The van der Waals surface area contributed by atoms with Gasteiger partial charge in [-0.1, -0.05) is 61.2 Å². The summed E-state index contributed by atoms with van der Waals surface area (Å²) in [6, 6.07) is 16.3. The Morgan fingerprint density at radius 3 is 2.60 bits per heavy atom. The molecule has 2 aromatic rings. The average Bonchev–Trinajstić information content (AvgIpc) is 2.65. The van der Waals surface area contributed by atoms with Crippen molar-refractivity contribution >= 4 is 23.1 Å². The predicted molar refractivity (Wildman–Crippen MR) is 105 cm³/mol. The van der Waals surface area contributed by atoms with Crippen LogP contribution in [0, 0.1) is 0 Å². The van der Waals surface area contributed by atoms with E-state index in [1.54, 1.807) is 0 Å². The van der Waals surface area contributed by atoms with Crippen LogP contribution in [0.5, 0.6) is 5.75 Å². The molecule has 3 nitrogen and oxygen atoms in total. The molecule has 0 radical (unpaired) electrons. The average molecular weight is 357 g/mol. The molecule has 0 aliphatic heterocycles. The van der Waals surface area contributed by atoms with Gasteiger partial charge in [0.2, 0.25) is 0 Å². The monoisotopic (exact) mass is 356 g/mol. The van der Waals surface area contributed by atoms with Crippen LogP contribution < -0.4 is 10.1 Å². The fourth-order valence-corrected chi connectivity index (χ4v) is 3.36. The second-order valence-corrected chi connectivity index (χ2v) is 6.79. The molecule has 0 amide bonds. The number of ether oxygens (including phenoxy) is 1. The normalized spacial score (nSPS) is 15.8. The summed E-state index contributed by atoms with van der Waals surface area (Å²) in [5.41, 5.74) is 1.84. The Morgan fingerprint density at radius 2 is 1.88 bits per heavy atom. The van der Waals surface area contributed by atoms with Gasteiger partial charge >= 0.3 is 0 Å². The molecule has 1 N–H and O–H groups in total. The minimum Gasteiger partial charge on any atom is -0.492 e. The number of rotatable bonds is 5. The van der Waals surface area contributed by atoms with Crippen LogP contribution in [0.1, 0.15) is 44.6 Å². The molecule has 4 heteroatoms. The number of hydrogen-bond acceptors (Lipinski definition) is 2. The van der Waals surface area contributed by atoms with Gasteiger partial charge < -0.3 is 10.1 Å². The smallest absolute Gasteiger partial charge is 0.145 e. The topological polar surface area (TPSA) is 33.6 Å². The maximum absolute atomic E-state index is 6.19. The van der Waals surface area contributed by atoms with Gasteiger partial charge in [0.25, 0.3) is 0 Å². The summed E-state index contributed by atoms with van der Waals surface area (Å²) in [7, 11) is 0. The number of halogens is 1. The first-order valence-corrected chi connectivity index (χ1v) is 9.47. The summed E-state index contributed by atoms with van der Waals surface area (Å²) in [6.07, 6.45) is 6.28. The lowest BCUT2D eigenvalue weighted by molar-refractivity contribution is 0.341. The minimum atomic E-state index is 0.474. The Kier molecular flexibility index (Phi) is 6.35. The second kappa shape index (κ2) is 8.91. The van der Waals surface area contributed by atoms with E-state index in [1.807, 2.05) is 43.3 Å². The first-order valence-electron chi connectivity index (χ1n) is 9.09. The Bertz CT molecular complexity index is 709. The zero-order chi connectivity index (χ0) is 17.5. The van der Waals surface area contributed by atoms with Crippen molar-refractivity contribution in [3.05, 3.63) is 59.1 Å². The summed E-state index contributed by atoms with van der Waals surface area (Å²) in [5, 5.41) is 4.32. The van der Waals surface area contributed by atoms with Crippen molar-refractivity contribution in [1.29, 1.82) is 0 Å². The molecular formula is C21H25ClN2O. The Hall–Kier alpha value is -2.00. The zero-order valence-corrected chi connectivity index (χ0v) is 15.4. The van der Waals surface area contributed by atoms with E-state index in [4.69, 9.17) is 21.3 Å². The maximum Gasteiger partial charge on any atom is 0.145 e. The standard InChI is InChI=1S/C21H25ClN2O/c1-2-25-20-14-13-17(22)15-19(20)24-21(16-9-5-3-6-10-16)23-18-11-7-4-8-12-18/h3,5-6,9-10,13-15,18H,2,4,7-8,11-12H2,1H3,(H,23,24). The van der Waals surface area contributed by atoms with Crippen molar-refractivity contribution < 1.29 is 4.74 Å². The van der Waals surface area contributed by atoms with Crippen LogP contribution in [0.3, 0.4) is 0 Å². The lowest BCUT2D eigenvalue weighted by atomic mass is 9.95. The van der Waals surface area contributed by atoms with Gasteiger partial charge in [0.1, 0.15) is 17.3 Å². The van der Waals surface area contributed by atoms with Crippen molar-refractivity contribution in [3.63, 3.8) is 0 Å². The SMILES string of the molecule is CCOc1ccc(Cl)cc1N=C(NC1CCCCC1)c1ccccc1. The van der Waals surface area contributed by atoms with Crippen LogP contribution in [0.2, 0.25) is 5.02 Å². The van der Waals surface area contributed by atoms with Crippen LogP contribution in [0.25, 0.3) is 0 Å². The van der Waals surface area contributed by atoms with Crippen molar-refractivity contribution in [2.24, 2.45) is 4.99 Å². The van der Waals surface area contributed by atoms with Crippen molar-refractivity contribution in [2.45, 2.75) is 45.1 Å². The molecule has 1 aliphatic carbocycles. The number of hydrogen-bond donors (Lipinski definition) is 1. The lowest BCUT2D eigenvalue weighted by Gasteiger charge is -2.25. The van der Waals surface area contributed by atoms with Crippen LogP contribution in [0.15, 0.2) is 53.5 Å². The summed E-state index contributed by atoms with van der Waals surface area (Å²) in [4.78, 5) is 4.90. The first-order chi connectivity index (χ1) is 12.3. The Morgan fingerprint density at radius 1 is 1.12 bits per heavy atom. The quantitative estimate of drug-likeness (QED) is 0.547. The molecule has 25 heavy (non-hydrogen) atoms. The highest BCUT2D eigenvalue weighted by atomic mass is 35.5. The van der Waals surface area contributed by atoms with E-state index >= 15 is 0 Å². The van der Waals surface area contributed by atoms with Crippen LogP contribution in [-0.2, 0) is 0 Å². The summed E-state index contributed by atoms with van der Waals surface area (Å²) in [5.74, 6) is 1.64. The molecule has 0 heterocycles. The van der Waals surface area contributed by atoms with E-state index in [0.29, 0.717) is 17.7 Å². The second-order valence-electron chi connectivity index (χ2n) is 6.35. The fourth-order valence-electron chi connectivity index (χ4n) is 3.19. The largest absolute Gasteiger partial charge is 0.492 e. The fraction of sp³-hybridized carbons (Fsp3) is 0.381. The number of nitrogens with zero attached hydrogens (tertiary/aromatic N) is 1. The highest BCUT2D eigenvalue weighted by molar-refractivity contribution is 6.30. The third-order valence-corrected chi connectivity index (χ3v) is 4.68. The molecule has 2 aromatic carbocycles. The molecule has 0 saturated heterocycles.